The zero-order chi connectivity index (χ0) is 15.0. The summed E-state index contributed by atoms with van der Waals surface area (Å²) in [6, 6.07) is 6.44. The van der Waals surface area contributed by atoms with E-state index in [0.29, 0.717) is 29.1 Å². The highest BCUT2D eigenvalue weighted by molar-refractivity contribution is 6.19. The molecule has 1 aliphatic rings. The first-order valence-corrected chi connectivity index (χ1v) is 6.77. The lowest BCUT2D eigenvalue weighted by Gasteiger charge is -2.08. The van der Waals surface area contributed by atoms with Crippen LogP contribution >= 0.6 is 0 Å². The van der Waals surface area contributed by atoms with Crippen LogP contribution in [0.4, 0.5) is 10.2 Å². The summed E-state index contributed by atoms with van der Waals surface area (Å²) in [7, 11) is 1.75. The van der Waals surface area contributed by atoms with E-state index in [-0.39, 0.29) is 18.3 Å². The van der Waals surface area contributed by atoms with Crippen molar-refractivity contribution in [2.45, 2.75) is 13.3 Å². The predicted octanol–water partition coefficient (Wildman–Crippen LogP) is 1.91. The summed E-state index contributed by atoms with van der Waals surface area (Å²) in [6.45, 7) is 1.94. The van der Waals surface area contributed by atoms with Crippen LogP contribution < -0.4 is 5.32 Å². The highest BCUT2D eigenvalue weighted by Crippen LogP contribution is 2.27. The molecule has 0 saturated carbocycles. The highest BCUT2D eigenvalue weighted by atomic mass is 19.1. The van der Waals surface area contributed by atoms with Crippen molar-refractivity contribution in [2.24, 2.45) is 12.0 Å². The molecule has 0 fully saturated rings. The van der Waals surface area contributed by atoms with Crippen LogP contribution in [0.2, 0.25) is 0 Å². The molecule has 2 aromatic rings. The lowest BCUT2D eigenvalue weighted by molar-refractivity contribution is -0.114. The van der Waals surface area contributed by atoms with Crippen LogP contribution in [-0.4, -0.2) is 27.9 Å². The molecule has 21 heavy (non-hydrogen) atoms. The number of aliphatic imine (C=N–C) groups is 1. The third kappa shape index (κ3) is 2.22. The largest absolute Gasteiger partial charge is 0.309 e. The third-order valence-electron chi connectivity index (χ3n) is 3.46. The topological polar surface area (TPSA) is 59.3 Å². The minimum atomic E-state index is -0.359. The van der Waals surface area contributed by atoms with Gasteiger partial charge in [0, 0.05) is 12.6 Å². The fourth-order valence-corrected chi connectivity index (χ4v) is 2.49. The molecule has 6 heteroatoms. The SMILES string of the molecule is CCc1nn(C)c2c1C(c1ccccc1F)=NCC(=O)N2. The van der Waals surface area contributed by atoms with Crippen molar-refractivity contribution in [1.82, 2.24) is 9.78 Å². The number of carbonyl (C=O) groups is 1. The predicted molar refractivity (Wildman–Crippen MR) is 78.1 cm³/mol. The number of benzene rings is 1. The number of amides is 1. The van der Waals surface area contributed by atoms with Crippen LogP contribution in [0.1, 0.15) is 23.7 Å². The van der Waals surface area contributed by atoms with Gasteiger partial charge in [-0.15, -0.1) is 0 Å². The van der Waals surface area contributed by atoms with Crippen LogP contribution in [0.3, 0.4) is 0 Å². The first-order valence-electron chi connectivity index (χ1n) is 6.77. The van der Waals surface area contributed by atoms with Gasteiger partial charge in [0.25, 0.3) is 0 Å². The van der Waals surface area contributed by atoms with Gasteiger partial charge >= 0.3 is 0 Å². The Hall–Kier alpha value is -2.50. The van der Waals surface area contributed by atoms with Gasteiger partial charge < -0.3 is 5.32 Å². The van der Waals surface area contributed by atoms with E-state index in [1.165, 1.54) is 6.07 Å². The molecule has 0 bridgehead atoms. The second kappa shape index (κ2) is 5.12. The Bertz CT molecular complexity index is 748. The standard InChI is InChI=1S/C15H15FN4O/c1-3-11-13-14(9-6-4-5-7-10(9)16)17-8-12(21)18-15(13)20(2)19-11/h4-7H,3,8H2,1-2H3,(H,18,21). The minimum absolute atomic E-state index is 0.0263. The maximum absolute atomic E-state index is 14.1. The summed E-state index contributed by atoms with van der Waals surface area (Å²) in [5, 5.41) is 7.18. The number of rotatable bonds is 2. The number of fused-ring (bicyclic) bond motifs is 1. The number of anilines is 1. The second-order valence-electron chi connectivity index (χ2n) is 4.84. The molecule has 0 atom stereocenters. The van der Waals surface area contributed by atoms with Crippen molar-refractivity contribution >= 4 is 17.4 Å². The van der Waals surface area contributed by atoms with Crippen LogP contribution in [0.15, 0.2) is 29.3 Å². The van der Waals surface area contributed by atoms with Gasteiger partial charge in [-0.05, 0) is 18.6 Å². The lowest BCUT2D eigenvalue weighted by Crippen LogP contribution is -2.16. The van der Waals surface area contributed by atoms with E-state index in [4.69, 9.17) is 0 Å². The summed E-state index contributed by atoms with van der Waals surface area (Å²) in [5.41, 5.74) is 2.36. The van der Waals surface area contributed by atoms with E-state index in [0.717, 1.165) is 5.69 Å². The Balaban J connectivity index is 2.27. The summed E-state index contributed by atoms with van der Waals surface area (Å²) >= 11 is 0. The van der Waals surface area contributed by atoms with E-state index in [1.807, 2.05) is 6.92 Å². The Morgan fingerprint density at radius 2 is 2.14 bits per heavy atom. The van der Waals surface area contributed by atoms with Crippen molar-refractivity contribution in [3.63, 3.8) is 0 Å². The zero-order valence-corrected chi connectivity index (χ0v) is 11.9. The normalized spacial score (nSPS) is 14.2. The number of carbonyl (C=O) groups excluding carboxylic acids is 1. The van der Waals surface area contributed by atoms with Crippen LogP contribution in [0.25, 0.3) is 0 Å². The smallest absolute Gasteiger partial charge is 0.247 e. The molecule has 3 rings (SSSR count). The Morgan fingerprint density at radius 1 is 1.38 bits per heavy atom. The van der Waals surface area contributed by atoms with Crippen molar-refractivity contribution < 1.29 is 9.18 Å². The molecule has 1 N–H and O–H groups in total. The Morgan fingerprint density at radius 3 is 2.86 bits per heavy atom. The number of hydrogen-bond acceptors (Lipinski definition) is 3. The van der Waals surface area contributed by atoms with E-state index in [2.05, 4.69) is 15.4 Å². The molecule has 1 aromatic carbocycles. The maximum atomic E-state index is 14.1. The van der Waals surface area contributed by atoms with Crippen molar-refractivity contribution in [3.8, 4) is 0 Å². The molecule has 0 spiro atoms. The minimum Gasteiger partial charge on any atom is -0.309 e. The van der Waals surface area contributed by atoms with Gasteiger partial charge in [-0.1, -0.05) is 19.1 Å². The number of aromatic nitrogens is 2. The fraction of sp³-hybridized carbons (Fsp3) is 0.267. The van der Waals surface area contributed by atoms with Crippen LogP contribution in [0.5, 0.6) is 0 Å². The quantitative estimate of drug-likeness (QED) is 0.916. The summed E-state index contributed by atoms with van der Waals surface area (Å²) in [4.78, 5) is 16.1. The van der Waals surface area contributed by atoms with Gasteiger partial charge in [-0.2, -0.15) is 5.10 Å². The van der Waals surface area contributed by atoms with Gasteiger partial charge in [0.05, 0.1) is 17.0 Å². The highest BCUT2D eigenvalue weighted by Gasteiger charge is 2.26. The monoisotopic (exact) mass is 286 g/mol. The molecule has 1 aromatic heterocycles. The zero-order valence-electron chi connectivity index (χ0n) is 11.9. The molecule has 108 valence electrons. The fourth-order valence-electron chi connectivity index (χ4n) is 2.49. The van der Waals surface area contributed by atoms with E-state index < -0.39 is 0 Å². The number of hydrogen-bond donors (Lipinski definition) is 1. The molecule has 0 saturated heterocycles. The number of nitrogens with one attached hydrogen (secondary N) is 1. The first kappa shape index (κ1) is 13.5. The summed E-state index contributed by atoms with van der Waals surface area (Å²) in [5.74, 6) is -0.0212. The van der Waals surface area contributed by atoms with E-state index in [1.54, 1.807) is 29.9 Å². The van der Waals surface area contributed by atoms with Gasteiger partial charge in [-0.25, -0.2) is 4.39 Å². The average molecular weight is 286 g/mol. The number of nitrogens with zero attached hydrogens (tertiary/aromatic N) is 3. The van der Waals surface area contributed by atoms with Gasteiger partial charge in [0.2, 0.25) is 5.91 Å². The number of aryl methyl sites for hydroxylation is 2. The maximum Gasteiger partial charge on any atom is 0.247 e. The van der Waals surface area contributed by atoms with Gasteiger partial charge in [-0.3, -0.25) is 14.5 Å². The molecule has 0 aliphatic carbocycles. The van der Waals surface area contributed by atoms with E-state index in [9.17, 15) is 9.18 Å². The lowest BCUT2D eigenvalue weighted by atomic mass is 10.0. The molecular formula is C15H15FN4O. The molecule has 0 unspecified atom stereocenters. The third-order valence-corrected chi connectivity index (χ3v) is 3.46. The summed E-state index contributed by atoms with van der Waals surface area (Å²) in [6.07, 6.45) is 0.673. The molecular weight excluding hydrogens is 271 g/mol. The first-order chi connectivity index (χ1) is 10.1. The molecule has 1 amide bonds. The molecule has 0 radical (unpaired) electrons. The molecule has 2 heterocycles. The summed E-state index contributed by atoms with van der Waals surface area (Å²) < 4.78 is 15.7. The second-order valence-corrected chi connectivity index (χ2v) is 4.84. The molecule has 1 aliphatic heterocycles. The van der Waals surface area contributed by atoms with Crippen LogP contribution in [-0.2, 0) is 18.3 Å². The average Bonchev–Trinajstić information content (AvgIpc) is 2.67. The van der Waals surface area contributed by atoms with Crippen molar-refractivity contribution in [3.05, 3.63) is 46.9 Å². The van der Waals surface area contributed by atoms with Crippen molar-refractivity contribution in [1.29, 1.82) is 0 Å². The Labute approximate surface area is 121 Å². The van der Waals surface area contributed by atoms with Gasteiger partial charge in [0.1, 0.15) is 18.2 Å². The van der Waals surface area contributed by atoms with Crippen LogP contribution in [0, 0.1) is 5.82 Å². The van der Waals surface area contributed by atoms with Gasteiger partial charge in [0.15, 0.2) is 0 Å². The van der Waals surface area contributed by atoms with E-state index >= 15 is 0 Å². The molecule has 5 nitrogen and oxygen atoms in total. The Kier molecular flexibility index (Phi) is 3.29. The van der Waals surface area contributed by atoms with Crippen molar-refractivity contribution in [2.75, 3.05) is 11.9 Å². The number of halogens is 1.